The van der Waals surface area contributed by atoms with Gasteiger partial charge in [0, 0.05) is 0 Å². The van der Waals surface area contributed by atoms with Crippen molar-refractivity contribution in [3.05, 3.63) is 24.3 Å². The van der Waals surface area contributed by atoms with Crippen LogP contribution in [0.25, 0.3) is 0 Å². The number of carbonyl (C=O) groups excluding carboxylic acids is 1. The van der Waals surface area contributed by atoms with Gasteiger partial charge in [0.05, 0.1) is 12.0 Å². The van der Waals surface area contributed by atoms with Crippen LogP contribution in [0.2, 0.25) is 0 Å². The van der Waals surface area contributed by atoms with E-state index in [1.165, 1.54) is 83.5 Å². The van der Waals surface area contributed by atoms with Gasteiger partial charge >= 0.3 is 5.97 Å². The summed E-state index contributed by atoms with van der Waals surface area (Å²) in [5.41, 5.74) is 0. The predicted molar refractivity (Wildman–Crippen MR) is 144 cm³/mol. The molecule has 2 atom stereocenters. The highest BCUT2D eigenvalue weighted by atomic mass is 16.5. The van der Waals surface area contributed by atoms with Crippen LogP contribution in [0.4, 0.5) is 0 Å². The number of hydrogen-bond acceptors (Lipinski definition) is 3. The van der Waals surface area contributed by atoms with Crippen molar-refractivity contribution in [3.63, 3.8) is 0 Å². The van der Waals surface area contributed by atoms with Crippen molar-refractivity contribution in [1.82, 2.24) is 0 Å². The second kappa shape index (κ2) is 17.0. The quantitative estimate of drug-likeness (QED) is 0.129. The highest BCUT2D eigenvalue weighted by molar-refractivity contribution is 5.75. The molecule has 0 saturated heterocycles. The zero-order chi connectivity index (χ0) is 24.6. The summed E-state index contributed by atoms with van der Waals surface area (Å²) in [4.78, 5) is 12.7. The molecule has 0 amide bonds. The Kier molecular flexibility index (Phi) is 14.4. The third-order valence-corrected chi connectivity index (χ3v) is 7.78. The fraction of sp³-hybridized carbons (Fsp3) is 0.774. The van der Waals surface area contributed by atoms with E-state index in [0.29, 0.717) is 5.75 Å². The minimum Gasteiger partial charge on any atom is -0.491 e. The number of hydrogen-bond donors (Lipinski definition) is 0. The molecule has 2 rings (SSSR count). The second-order valence-corrected chi connectivity index (χ2v) is 10.9. The third kappa shape index (κ3) is 11.8. The maximum absolute atomic E-state index is 12.7. The summed E-state index contributed by atoms with van der Waals surface area (Å²) in [5.74, 6) is 3.18. The molecule has 1 aromatic rings. The molecule has 0 bridgehead atoms. The molecule has 1 aliphatic rings. The molecule has 1 saturated carbocycles. The normalized spacial score (nSPS) is 20.0. The van der Waals surface area contributed by atoms with Gasteiger partial charge in [0.2, 0.25) is 0 Å². The van der Waals surface area contributed by atoms with E-state index in [1.807, 2.05) is 24.3 Å². The topological polar surface area (TPSA) is 35.5 Å². The van der Waals surface area contributed by atoms with E-state index in [1.54, 1.807) is 0 Å². The van der Waals surface area contributed by atoms with Crippen LogP contribution >= 0.6 is 0 Å². The monoisotopic (exact) mass is 472 g/mol. The molecule has 194 valence electrons. The Morgan fingerprint density at radius 1 is 0.824 bits per heavy atom. The zero-order valence-corrected chi connectivity index (χ0v) is 22.7. The first-order valence-corrected chi connectivity index (χ1v) is 14.5. The lowest BCUT2D eigenvalue weighted by Crippen LogP contribution is -2.25. The van der Waals surface area contributed by atoms with E-state index in [9.17, 15) is 4.79 Å². The third-order valence-electron chi connectivity index (χ3n) is 7.78. The van der Waals surface area contributed by atoms with Gasteiger partial charge < -0.3 is 9.47 Å². The van der Waals surface area contributed by atoms with E-state index >= 15 is 0 Å². The van der Waals surface area contributed by atoms with Crippen molar-refractivity contribution in [2.24, 2.45) is 17.8 Å². The molecule has 1 aromatic carbocycles. The number of unbranched alkanes of at least 4 members (excludes halogenated alkanes) is 6. The lowest BCUT2D eigenvalue weighted by Gasteiger charge is -2.27. The maximum Gasteiger partial charge on any atom is 0.314 e. The maximum atomic E-state index is 12.7. The molecule has 0 heterocycles. The molecule has 0 unspecified atom stereocenters. The van der Waals surface area contributed by atoms with Crippen LogP contribution in [0.15, 0.2) is 24.3 Å². The van der Waals surface area contributed by atoms with Gasteiger partial charge in [-0.05, 0) is 81.5 Å². The van der Waals surface area contributed by atoms with Crippen molar-refractivity contribution in [3.8, 4) is 11.5 Å². The Morgan fingerprint density at radius 2 is 1.44 bits per heavy atom. The number of ether oxygens (including phenoxy) is 2. The average Bonchev–Trinajstić information content (AvgIpc) is 2.85. The molecule has 3 heteroatoms. The Labute approximate surface area is 210 Å². The van der Waals surface area contributed by atoms with Gasteiger partial charge in [-0.3, -0.25) is 4.79 Å². The first-order valence-electron chi connectivity index (χ1n) is 14.5. The summed E-state index contributed by atoms with van der Waals surface area (Å²) < 4.78 is 11.7. The van der Waals surface area contributed by atoms with Crippen LogP contribution < -0.4 is 9.47 Å². The lowest BCUT2D eigenvalue weighted by atomic mass is 9.79. The standard InChI is InChI=1S/C31H52O3/c1-5-7-8-12-15-26(4)33-29-21-23-30(24-22-29)34-31(32)28-19-17-27(18-20-28)16-13-10-9-11-14-25(3)6-2/h21-28H,5-20H2,1-4H3/t25-,26+,27?,28?/m0/s1. The molecule has 34 heavy (non-hydrogen) atoms. The molecular formula is C31H52O3. The van der Waals surface area contributed by atoms with E-state index in [2.05, 4.69) is 27.7 Å². The van der Waals surface area contributed by atoms with Gasteiger partial charge in [-0.2, -0.15) is 0 Å². The molecule has 0 aromatic heterocycles. The van der Waals surface area contributed by atoms with Crippen LogP contribution in [-0.4, -0.2) is 12.1 Å². The summed E-state index contributed by atoms with van der Waals surface area (Å²) in [6.45, 7) is 9.02. The van der Waals surface area contributed by atoms with Gasteiger partial charge in [-0.15, -0.1) is 0 Å². The highest BCUT2D eigenvalue weighted by Crippen LogP contribution is 2.33. The SMILES string of the molecule is CCCCCC[C@@H](C)Oc1ccc(OC(=O)C2CCC(CCCCCC[C@@H](C)CC)CC2)cc1. The van der Waals surface area contributed by atoms with Gasteiger partial charge in [-0.25, -0.2) is 0 Å². The fourth-order valence-electron chi connectivity index (χ4n) is 5.11. The van der Waals surface area contributed by atoms with Crippen molar-refractivity contribution in [1.29, 1.82) is 0 Å². The first-order chi connectivity index (χ1) is 16.5. The first kappa shape index (κ1) is 28.7. The molecular weight excluding hydrogens is 420 g/mol. The summed E-state index contributed by atoms with van der Waals surface area (Å²) in [6.07, 6.45) is 20.2. The van der Waals surface area contributed by atoms with Crippen molar-refractivity contribution >= 4 is 5.97 Å². The van der Waals surface area contributed by atoms with E-state index in [-0.39, 0.29) is 18.0 Å². The Bertz CT molecular complexity index is 645. The number of benzene rings is 1. The van der Waals surface area contributed by atoms with Gasteiger partial charge in [0.15, 0.2) is 0 Å². The summed E-state index contributed by atoms with van der Waals surface area (Å²) >= 11 is 0. The molecule has 3 nitrogen and oxygen atoms in total. The summed E-state index contributed by atoms with van der Waals surface area (Å²) in [7, 11) is 0. The zero-order valence-electron chi connectivity index (χ0n) is 22.7. The lowest BCUT2D eigenvalue weighted by molar-refractivity contribution is -0.140. The van der Waals surface area contributed by atoms with Gasteiger partial charge in [-0.1, -0.05) is 85.0 Å². The molecule has 0 radical (unpaired) electrons. The van der Waals surface area contributed by atoms with Crippen molar-refractivity contribution in [2.75, 3.05) is 0 Å². The fourth-order valence-corrected chi connectivity index (χ4v) is 5.11. The molecule has 0 aliphatic heterocycles. The van der Waals surface area contributed by atoms with Crippen LogP contribution in [-0.2, 0) is 4.79 Å². The summed E-state index contributed by atoms with van der Waals surface area (Å²) in [6, 6.07) is 7.57. The second-order valence-electron chi connectivity index (χ2n) is 10.9. The molecule has 1 fully saturated rings. The van der Waals surface area contributed by atoms with E-state index < -0.39 is 0 Å². The highest BCUT2D eigenvalue weighted by Gasteiger charge is 2.27. The largest absolute Gasteiger partial charge is 0.491 e. The van der Waals surface area contributed by atoms with E-state index in [4.69, 9.17) is 9.47 Å². The Hall–Kier alpha value is -1.51. The average molecular weight is 473 g/mol. The van der Waals surface area contributed by atoms with Crippen molar-refractivity contribution < 1.29 is 14.3 Å². The predicted octanol–water partition coefficient (Wildman–Crippen LogP) is 9.52. The van der Waals surface area contributed by atoms with Crippen LogP contribution in [0.5, 0.6) is 11.5 Å². The number of carbonyl (C=O) groups is 1. The molecule has 0 N–H and O–H groups in total. The van der Waals surface area contributed by atoms with Crippen LogP contribution in [0, 0.1) is 17.8 Å². The molecule has 1 aliphatic carbocycles. The summed E-state index contributed by atoms with van der Waals surface area (Å²) in [5, 5.41) is 0. The van der Waals surface area contributed by atoms with Gasteiger partial charge in [0.25, 0.3) is 0 Å². The minimum atomic E-state index is -0.0542. The smallest absolute Gasteiger partial charge is 0.314 e. The Balaban J connectivity index is 1.60. The van der Waals surface area contributed by atoms with Crippen LogP contribution in [0.3, 0.4) is 0 Å². The minimum absolute atomic E-state index is 0.0542. The number of rotatable bonds is 17. The van der Waals surface area contributed by atoms with E-state index in [0.717, 1.165) is 36.8 Å². The van der Waals surface area contributed by atoms with Crippen LogP contribution in [0.1, 0.15) is 130 Å². The molecule has 0 spiro atoms. The number of esters is 1. The van der Waals surface area contributed by atoms with Gasteiger partial charge in [0.1, 0.15) is 11.5 Å². The Morgan fingerprint density at radius 3 is 2.12 bits per heavy atom. The van der Waals surface area contributed by atoms with Crippen molar-refractivity contribution in [2.45, 2.75) is 137 Å².